The fraction of sp³-hybridized carbons (Fsp3) is 0.900. The molecule has 2 aliphatic heterocycles. The standard InChI is InChI=1S/C10H17NO4/c11-9-6-14-5-8(9)10(12)15-4-7-1-2-13-3-7/h7-9H,1-6,11H2. The van der Waals surface area contributed by atoms with Crippen LogP contribution in [0.2, 0.25) is 0 Å². The van der Waals surface area contributed by atoms with Gasteiger partial charge in [0.1, 0.15) is 0 Å². The second-order valence-electron chi connectivity index (χ2n) is 4.17. The Balaban J connectivity index is 1.71. The summed E-state index contributed by atoms with van der Waals surface area (Å²) in [5.41, 5.74) is 5.71. The summed E-state index contributed by atoms with van der Waals surface area (Å²) in [6.45, 7) is 2.75. The minimum Gasteiger partial charge on any atom is -0.465 e. The van der Waals surface area contributed by atoms with Crippen molar-refractivity contribution in [1.82, 2.24) is 0 Å². The van der Waals surface area contributed by atoms with Crippen LogP contribution in [0, 0.1) is 11.8 Å². The van der Waals surface area contributed by atoms with Gasteiger partial charge in [0.25, 0.3) is 0 Å². The average Bonchev–Trinajstić information content (AvgIpc) is 2.84. The zero-order chi connectivity index (χ0) is 10.7. The summed E-state index contributed by atoms with van der Waals surface area (Å²) >= 11 is 0. The van der Waals surface area contributed by atoms with Crippen LogP contribution in [0.5, 0.6) is 0 Å². The fourth-order valence-electron chi connectivity index (χ4n) is 1.84. The number of ether oxygens (including phenoxy) is 3. The first-order valence-electron chi connectivity index (χ1n) is 5.35. The van der Waals surface area contributed by atoms with Gasteiger partial charge in [-0.3, -0.25) is 4.79 Å². The van der Waals surface area contributed by atoms with Crippen molar-refractivity contribution < 1.29 is 19.0 Å². The molecule has 0 bridgehead atoms. The lowest BCUT2D eigenvalue weighted by Gasteiger charge is -2.14. The van der Waals surface area contributed by atoms with E-state index in [0.717, 1.165) is 13.0 Å². The molecule has 2 aliphatic rings. The minimum atomic E-state index is -0.285. The van der Waals surface area contributed by atoms with Crippen molar-refractivity contribution in [2.45, 2.75) is 12.5 Å². The molecular formula is C10H17NO4. The Labute approximate surface area is 88.9 Å². The number of nitrogens with two attached hydrogens (primary N) is 1. The molecule has 3 unspecified atom stereocenters. The number of rotatable bonds is 3. The Hall–Kier alpha value is -0.650. The van der Waals surface area contributed by atoms with Gasteiger partial charge in [-0.05, 0) is 6.42 Å². The van der Waals surface area contributed by atoms with E-state index in [1.54, 1.807) is 0 Å². The van der Waals surface area contributed by atoms with Gasteiger partial charge in [0, 0.05) is 18.6 Å². The van der Waals surface area contributed by atoms with Crippen LogP contribution >= 0.6 is 0 Å². The molecule has 2 rings (SSSR count). The first-order chi connectivity index (χ1) is 7.27. The molecule has 2 N–H and O–H groups in total. The maximum atomic E-state index is 11.6. The molecule has 2 fully saturated rings. The van der Waals surface area contributed by atoms with Crippen molar-refractivity contribution in [3.8, 4) is 0 Å². The topological polar surface area (TPSA) is 70.8 Å². The lowest BCUT2D eigenvalue weighted by atomic mass is 10.1. The van der Waals surface area contributed by atoms with E-state index >= 15 is 0 Å². The zero-order valence-electron chi connectivity index (χ0n) is 8.69. The van der Waals surface area contributed by atoms with Crippen molar-refractivity contribution in [3.05, 3.63) is 0 Å². The maximum Gasteiger partial charge on any atom is 0.312 e. The van der Waals surface area contributed by atoms with E-state index in [0.29, 0.717) is 32.3 Å². The van der Waals surface area contributed by atoms with Crippen LogP contribution in [0.3, 0.4) is 0 Å². The van der Waals surface area contributed by atoms with Crippen LogP contribution in [-0.2, 0) is 19.0 Å². The normalized spacial score (nSPS) is 35.7. The van der Waals surface area contributed by atoms with Crippen LogP contribution in [0.1, 0.15) is 6.42 Å². The highest BCUT2D eigenvalue weighted by Crippen LogP contribution is 2.16. The molecule has 86 valence electrons. The molecule has 0 aromatic heterocycles. The highest BCUT2D eigenvalue weighted by molar-refractivity contribution is 5.73. The molecule has 0 amide bonds. The van der Waals surface area contributed by atoms with E-state index in [1.165, 1.54) is 0 Å². The SMILES string of the molecule is NC1COCC1C(=O)OCC1CCOC1. The van der Waals surface area contributed by atoms with Gasteiger partial charge in [-0.15, -0.1) is 0 Å². The first-order valence-corrected chi connectivity index (χ1v) is 5.35. The fourth-order valence-corrected chi connectivity index (χ4v) is 1.84. The molecule has 0 spiro atoms. The van der Waals surface area contributed by atoms with E-state index in [1.807, 2.05) is 0 Å². The van der Waals surface area contributed by atoms with E-state index in [9.17, 15) is 4.79 Å². The molecule has 3 atom stereocenters. The average molecular weight is 215 g/mol. The molecule has 2 saturated heterocycles. The molecule has 2 heterocycles. The second-order valence-corrected chi connectivity index (χ2v) is 4.17. The Morgan fingerprint density at radius 3 is 2.80 bits per heavy atom. The van der Waals surface area contributed by atoms with Crippen LogP contribution in [-0.4, -0.2) is 45.0 Å². The summed E-state index contributed by atoms with van der Waals surface area (Å²) in [6, 6.07) is -0.211. The number of carbonyl (C=O) groups excluding carboxylic acids is 1. The van der Waals surface area contributed by atoms with Gasteiger partial charge in [-0.1, -0.05) is 0 Å². The zero-order valence-corrected chi connectivity index (χ0v) is 8.69. The van der Waals surface area contributed by atoms with Gasteiger partial charge in [-0.2, -0.15) is 0 Å². The number of esters is 1. The van der Waals surface area contributed by atoms with E-state index in [-0.39, 0.29) is 17.9 Å². The summed E-state index contributed by atoms with van der Waals surface area (Å²) < 4.78 is 15.5. The molecule has 0 saturated carbocycles. The minimum absolute atomic E-state index is 0.211. The summed E-state index contributed by atoms with van der Waals surface area (Å²) in [7, 11) is 0. The van der Waals surface area contributed by atoms with Gasteiger partial charge in [0.05, 0.1) is 32.3 Å². The first kappa shape index (κ1) is 10.9. The molecule has 15 heavy (non-hydrogen) atoms. The lowest BCUT2D eigenvalue weighted by Crippen LogP contribution is -2.35. The Morgan fingerprint density at radius 1 is 1.33 bits per heavy atom. The van der Waals surface area contributed by atoms with Gasteiger partial charge < -0.3 is 19.9 Å². The van der Waals surface area contributed by atoms with Crippen molar-refractivity contribution >= 4 is 5.97 Å². The molecule has 5 nitrogen and oxygen atoms in total. The van der Waals surface area contributed by atoms with Crippen LogP contribution in [0.15, 0.2) is 0 Å². The molecule has 5 heteroatoms. The van der Waals surface area contributed by atoms with Gasteiger partial charge in [-0.25, -0.2) is 0 Å². The summed E-state index contributed by atoms with van der Waals surface area (Å²) in [5, 5.41) is 0. The Bertz CT molecular complexity index is 227. The van der Waals surface area contributed by atoms with Crippen molar-refractivity contribution in [3.63, 3.8) is 0 Å². The smallest absolute Gasteiger partial charge is 0.312 e. The predicted molar refractivity (Wildman–Crippen MR) is 52.2 cm³/mol. The van der Waals surface area contributed by atoms with Crippen LogP contribution < -0.4 is 5.73 Å². The molecule has 0 radical (unpaired) electrons. The maximum absolute atomic E-state index is 11.6. The van der Waals surface area contributed by atoms with Crippen LogP contribution in [0.4, 0.5) is 0 Å². The van der Waals surface area contributed by atoms with Gasteiger partial charge in [0.15, 0.2) is 0 Å². The van der Waals surface area contributed by atoms with Gasteiger partial charge >= 0.3 is 5.97 Å². The third-order valence-electron chi connectivity index (χ3n) is 2.91. The molecule has 0 aromatic rings. The highest BCUT2D eigenvalue weighted by Gasteiger charge is 2.33. The summed E-state index contributed by atoms with van der Waals surface area (Å²) in [6.07, 6.45) is 0.973. The Morgan fingerprint density at radius 2 is 2.20 bits per heavy atom. The summed E-state index contributed by atoms with van der Waals surface area (Å²) in [4.78, 5) is 11.6. The molecular weight excluding hydrogens is 198 g/mol. The third-order valence-corrected chi connectivity index (χ3v) is 2.91. The van der Waals surface area contributed by atoms with E-state index in [4.69, 9.17) is 19.9 Å². The largest absolute Gasteiger partial charge is 0.465 e. The predicted octanol–water partition coefficient (Wildman–Crippen LogP) is -0.460. The van der Waals surface area contributed by atoms with Crippen molar-refractivity contribution in [1.29, 1.82) is 0 Å². The lowest BCUT2D eigenvalue weighted by molar-refractivity contribution is -0.150. The number of hydrogen-bond donors (Lipinski definition) is 1. The number of hydrogen-bond acceptors (Lipinski definition) is 5. The third kappa shape index (κ3) is 2.68. The second kappa shape index (κ2) is 4.92. The van der Waals surface area contributed by atoms with E-state index < -0.39 is 0 Å². The van der Waals surface area contributed by atoms with Crippen molar-refractivity contribution in [2.24, 2.45) is 17.6 Å². The summed E-state index contributed by atoms with van der Waals surface area (Å²) in [5.74, 6) is -0.160. The highest BCUT2D eigenvalue weighted by atomic mass is 16.5. The van der Waals surface area contributed by atoms with Crippen molar-refractivity contribution in [2.75, 3.05) is 33.0 Å². The molecule has 0 aromatic carbocycles. The quantitative estimate of drug-likeness (QED) is 0.645. The molecule has 0 aliphatic carbocycles. The Kier molecular flexibility index (Phi) is 3.56. The monoisotopic (exact) mass is 215 g/mol. The number of carbonyl (C=O) groups is 1. The van der Waals surface area contributed by atoms with E-state index in [2.05, 4.69) is 0 Å². The van der Waals surface area contributed by atoms with Crippen LogP contribution in [0.25, 0.3) is 0 Å². The van der Waals surface area contributed by atoms with Gasteiger partial charge in [0.2, 0.25) is 0 Å².